The van der Waals surface area contributed by atoms with Gasteiger partial charge in [0.15, 0.2) is 5.03 Å². The van der Waals surface area contributed by atoms with Gasteiger partial charge in [0, 0.05) is 13.1 Å². The summed E-state index contributed by atoms with van der Waals surface area (Å²) in [4.78, 5) is 0. The molecule has 0 unspecified atom stereocenters. The molecule has 0 saturated carbocycles. The van der Waals surface area contributed by atoms with Crippen LogP contribution >= 0.6 is 0 Å². The minimum Gasteiger partial charge on any atom is -0.497 e. The van der Waals surface area contributed by atoms with Crippen molar-refractivity contribution >= 4 is 21.4 Å². The van der Waals surface area contributed by atoms with Gasteiger partial charge in [-0.3, -0.25) is 9.40 Å². The van der Waals surface area contributed by atoms with Crippen LogP contribution in [-0.2, 0) is 17.1 Å². The minimum absolute atomic E-state index is 0.0507. The molecule has 2 aromatic rings. The molecule has 19 heavy (non-hydrogen) atoms. The van der Waals surface area contributed by atoms with Crippen LogP contribution in [0.5, 0.6) is 5.75 Å². The van der Waals surface area contributed by atoms with E-state index in [2.05, 4.69) is 9.82 Å². The summed E-state index contributed by atoms with van der Waals surface area (Å²) in [6.45, 7) is 0. The van der Waals surface area contributed by atoms with E-state index < -0.39 is 10.0 Å². The number of nitrogens with one attached hydrogen (secondary N) is 1. The molecule has 0 saturated heterocycles. The molecule has 0 spiro atoms. The number of anilines is 2. The smallest absolute Gasteiger partial charge is 0.279 e. The average Bonchev–Trinajstić information content (AvgIpc) is 2.79. The lowest BCUT2D eigenvalue weighted by Gasteiger charge is -2.11. The van der Waals surface area contributed by atoms with E-state index in [-0.39, 0.29) is 10.7 Å². The Kier molecular flexibility index (Phi) is 3.34. The molecule has 0 radical (unpaired) electrons. The van der Waals surface area contributed by atoms with Crippen LogP contribution in [-0.4, -0.2) is 25.3 Å². The number of nitrogens with two attached hydrogens (primary N) is 1. The molecule has 0 atom stereocenters. The van der Waals surface area contributed by atoms with E-state index in [0.29, 0.717) is 11.4 Å². The van der Waals surface area contributed by atoms with Gasteiger partial charge in [-0.05, 0) is 18.2 Å². The molecule has 7 nitrogen and oxygen atoms in total. The Morgan fingerprint density at radius 2 is 2.11 bits per heavy atom. The van der Waals surface area contributed by atoms with Crippen molar-refractivity contribution in [1.29, 1.82) is 0 Å². The summed E-state index contributed by atoms with van der Waals surface area (Å²) in [6.07, 6.45) is 1.41. The van der Waals surface area contributed by atoms with Gasteiger partial charge < -0.3 is 10.5 Å². The second kappa shape index (κ2) is 4.81. The molecule has 8 heteroatoms. The summed E-state index contributed by atoms with van der Waals surface area (Å²) < 4.78 is 33.0. The van der Waals surface area contributed by atoms with Crippen LogP contribution in [0.4, 0.5) is 11.4 Å². The zero-order chi connectivity index (χ0) is 14.0. The number of methoxy groups -OCH3 is 1. The highest BCUT2D eigenvalue weighted by molar-refractivity contribution is 7.92. The highest BCUT2D eigenvalue weighted by Gasteiger charge is 2.19. The van der Waals surface area contributed by atoms with Gasteiger partial charge in [-0.1, -0.05) is 0 Å². The minimum atomic E-state index is -3.73. The summed E-state index contributed by atoms with van der Waals surface area (Å²) in [7, 11) is -0.697. The lowest BCUT2D eigenvalue weighted by molar-refractivity contribution is 0.415. The van der Waals surface area contributed by atoms with Crippen LogP contribution in [0.25, 0.3) is 0 Å². The number of hydrogen-bond donors (Lipinski definition) is 2. The van der Waals surface area contributed by atoms with Gasteiger partial charge in [-0.25, -0.2) is 0 Å². The third-order valence-electron chi connectivity index (χ3n) is 2.56. The van der Waals surface area contributed by atoms with Crippen molar-refractivity contribution < 1.29 is 13.2 Å². The molecule has 1 aromatic heterocycles. The third-order valence-corrected chi connectivity index (χ3v) is 4.00. The monoisotopic (exact) mass is 282 g/mol. The number of aryl methyl sites for hydroxylation is 1. The zero-order valence-electron chi connectivity index (χ0n) is 10.5. The normalized spacial score (nSPS) is 11.3. The van der Waals surface area contributed by atoms with Crippen molar-refractivity contribution in [3.8, 4) is 5.75 Å². The van der Waals surface area contributed by atoms with Crippen molar-refractivity contribution in [3.05, 3.63) is 30.5 Å². The first-order valence-corrected chi connectivity index (χ1v) is 6.86. The highest BCUT2D eigenvalue weighted by Crippen LogP contribution is 2.26. The largest absolute Gasteiger partial charge is 0.497 e. The maximum Gasteiger partial charge on any atom is 0.279 e. The van der Waals surface area contributed by atoms with Gasteiger partial charge in [0.25, 0.3) is 10.0 Å². The molecule has 0 amide bonds. The Morgan fingerprint density at radius 3 is 2.68 bits per heavy atom. The van der Waals surface area contributed by atoms with E-state index in [1.165, 1.54) is 30.1 Å². The summed E-state index contributed by atoms with van der Waals surface area (Å²) in [5, 5.41) is 3.87. The predicted octanol–water partition coefficient (Wildman–Crippen LogP) is 0.812. The first kappa shape index (κ1) is 13.2. The van der Waals surface area contributed by atoms with Crippen LogP contribution < -0.4 is 15.2 Å². The summed E-state index contributed by atoms with van der Waals surface area (Å²) in [6, 6.07) is 6.14. The van der Waals surface area contributed by atoms with E-state index >= 15 is 0 Å². The average molecular weight is 282 g/mol. The zero-order valence-corrected chi connectivity index (χ0v) is 11.3. The first-order chi connectivity index (χ1) is 8.94. The number of nitrogen functional groups attached to an aromatic ring is 1. The molecule has 2 rings (SSSR count). The van der Waals surface area contributed by atoms with Crippen molar-refractivity contribution in [2.45, 2.75) is 5.03 Å². The molecule has 1 heterocycles. The maximum atomic E-state index is 12.2. The summed E-state index contributed by atoms with van der Waals surface area (Å²) in [5.41, 5.74) is 6.31. The van der Waals surface area contributed by atoms with Crippen LogP contribution in [0.3, 0.4) is 0 Å². The number of sulfonamides is 1. The molecule has 0 fully saturated rings. The van der Waals surface area contributed by atoms with Gasteiger partial charge in [0.1, 0.15) is 5.75 Å². The summed E-state index contributed by atoms with van der Waals surface area (Å²) in [5.74, 6) is 0.511. The van der Waals surface area contributed by atoms with Crippen LogP contribution in [0.1, 0.15) is 0 Å². The maximum absolute atomic E-state index is 12.2. The molecule has 3 N–H and O–H groups in total. The Balaban J connectivity index is 2.38. The second-order valence-electron chi connectivity index (χ2n) is 3.85. The standard InChI is InChI=1S/C11H14N4O3S/c1-15-11(5-6-13-15)19(16,17)14-10-7-8(18-2)3-4-9(10)12/h3-7,14H,12H2,1-2H3. The van der Waals surface area contributed by atoms with Crippen molar-refractivity contribution in [1.82, 2.24) is 9.78 Å². The number of hydrogen-bond acceptors (Lipinski definition) is 5. The topological polar surface area (TPSA) is 99.2 Å². The van der Waals surface area contributed by atoms with E-state index in [1.54, 1.807) is 19.2 Å². The molecule has 1 aromatic carbocycles. The van der Waals surface area contributed by atoms with Gasteiger partial charge in [0.2, 0.25) is 0 Å². The Hall–Kier alpha value is -2.22. The summed E-state index contributed by atoms with van der Waals surface area (Å²) >= 11 is 0. The van der Waals surface area contributed by atoms with Gasteiger partial charge in [0.05, 0.1) is 24.7 Å². The lowest BCUT2D eigenvalue weighted by atomic mass is 10.2. The van der Waals surface area contributed by atoms with Crippen molar-refractivity contribution in [3.63, 3.8) is 0 Å². The predicted molar refractivity (Wildman–Crippen MR) is 71.4 cm³/mol. The van der Waals surface area contributed by atoms with E-state index in [0.717, 1.165) is 0 Å². The fourth-order valence-electron chi connectivity index (χ4n) is 1.57. The SMILES string of the molecule is COc1ccc(N)c(NS(=O)(=O)c2ccnn2C)c1. The van der Waals surface area contributed by atoms with Gasteiger partial charge in [-0.15, -0.1) is 0 Å². The van der Waals surface area contributed by atoms with Crippen molar-refractivity contribution in [2.24, 2.45) is 7.05 Å². The Morgan fingerprint density at radius 1 is 1.37 bits per heavy atom. The Bertz CT molecular complexity index is 694. The first-order valence-electron chi connectivity index (χ1n) is 5.38. The Labute approximate surface area is 111 Å². The van der Waals surface area contributed by atoms with Gasteiger partial charge in [-0.2, -0.15) is 13.5 Å². The number of nitrogens with zero attached hydrogens (tertiary/aromatic N) is 2. The molecule has 0 bridgehead atoms. The van der Waals surface area contributed by atoms with Crippen LogP contribution in [0.15, 0.2) is 35.5 Å². The van der Waals surface area contributed by atoms with Crippen LogP contribution in [0, 0.1) is 0 Å². The molecular formula is C11H14N4O3S. The fraction of sp³-hybridized carbons (Fsp3) is 0.182. The van der Waals surface area contributed by atoms with E-state index in [4.69, 9.17) is 10.5 Å². The molecule has 102 valence electrons. The highest BCUT2D eigenvalue weighted by atomic mass is 32.2. The molecule has 0 aliphatic rings. The fourth-order valence-corrected chi connectivity index (χ4v) is 2.78. The number of ether oxygens (including phenoxy) is 1. The molecule has 0 aliphatic heterocycles. The van der Waals surface area contributed by atoms with Crippen molar-refractivity contribution in [2.75, 3.05) is 17.6 Å². The lowest BCUT2D eigenvalue weighted by Crippen LogP contribution is -2.17. The second-order valence-corrected chi connectivity index (χ2v) is 5.48. The number of rotatable bonds is 4. The third kappa shape index (κ3) is 2.63. The quantitative estimate of drug-likeness (QED) is 0.808. The number of benzene rings is 1. The van der Waals surface area contributed by atoms with Crippen LogP contribution in [0.2, 0.25) is 0 Å². The number of aromatic nitrogens is 2. The van der Waals surface area contributed by atoms with E-state index in [1.807, 2.05) is 0 Å². The molecular weight excluding hydrogens is 268 g/mol. The van der Waals surface area contributed by atoms with E-state index in [9.17, 15) is 8.42 Å². The van der Waals surface area contributed by atoms with Gasteiger partial charge >= 0.3 is 0 Å². The molecule has 0 aliphatic carbocycles.